The summed E-state index contributed by atoms with van der Waals surface area (Å²) in [6, 6.07) is 93.7. The Bertz CT molecular complexity index is 3720. The summed E-state index contributed by atoms with van der Waals surface area (Å²) in [6.07, 6.45) is 13.7. The van der Waals surface area contributed by atoms with Crippen molar-refractivity contribution in [2.45, 2.75) is 99.7 Å². The SMILES string of the molecule is C.CC(C)Cc1cc(-c2[c-]cccc2)ncc1[Si](C)(C)C.CC(C)Cc1cc(-c2ccccc2)ncc1[Si](C)(C)C.CCO.CO.CO.O=S(=O)(O)C(F)(F)F.[Ir+3].[Ir].[c-]1ccccc1-c1ccccn1.[c-]1ccccc1-c1ccccn1.[c-]1ccccc1-c1ccccn1.[c-]1ccccc1-c1ccccn1. The van der Waals surface area contributed by atoms with Crippen LogP contribution in [0.2, 0.25) is 39.3 Å². The van der Waals surface area contributed by atoms with Crippen molar-refractivity contribution < 1.29 is 81.7 Å². The number of rotatable bonds is 12. The molecule has 0 fully saturated rings. The number of halogens is 3. The molecule has 0 aliphatic heterocycles. The molecule has 0 saturated carbocycles. The number of benzene rings is 6. The van der Waals surface area contributed by atoms with Gasteiger partial charge in [-0.15, -0.1) is 179 Å². The first-order chi connectivity index (χ1) is 49.3. The minimum Gasteiger partial charge on any atom is -0.400 e. The topological polar surface area (TPSA) is 192 Å². The van der Waals surface area contributed by atoms with E-state index in [-0.39, 0.29) is 54.2 Å². The Labute approximate surface area is 658 Å². The Morgan fingerprint density at radius 1 is 0.406 bits per heavy atom. The minimum atomic E-state index is -5.84. The predicted molar refractivity (Wildman–Crippen MR) is 429 cm³/mol. The summed E-state index contributed by atoms with van der Waals surface area (Å²) in [5.41, 5.74) is 9.91. The molecule has 1 radical (unpaired) electrons. The second-order valence-corrected chi connectivity index (χ2v) is 36.5. The molecule has 0 bridgehead atoms. The third-order valence-corrected chi connectivity index (χ3v) is 18.5. The molecule has 0 aliphatic carbocycles. The molecule has 0 spiro atoms. The summed E-state index contributed by atoms with van der Waals surface area (Å²) in [6.45, 7) is 25.4. The van der Waals surface area contributed by atoms with Crippen molar-refractivity contribution in [3.63, 3.8) is 0 Å². The molecule has 4 N–H and O–H groups in total. The third kappa shape index (κ3) is 37.7. The van der Waals surface area contributed by atoms with Gasteiger partial charge in [0.25, 0.3) is 0 Å². The van der Waals surface area contributed by atoms with Crippen LogP contribution in [0.25, 0.3) is 67.5 Å². The molecule has 0 saturated heterocycles. The van der Waals surface area contributed by atoms with Crippen molar-refractivity contribution in [2.24, 2.45) is 11.8 Å². The van der Waals surface area contributed by atoms with Crippen LogP contribution in [0.1, 0.15) is 53.2 Å². The van der Waals surface area contributed by atoms with Gasteiger partial charge < -0.3 is 40.2 Å². The summed E-state index contributed by atoms with van der Waals surface area (Å²) in [7, 11) is -6.51. The van der Waals surface area contributed by atoms with E-state index in [1.807, 2.05) is 188 Å². The fourth-order valence-corrected chi connectivity index (χ4v) is 12.5. The van der Waals surface area contributed by atoms with Gasteiger partial charge in [-0.05, 0) is 106 Å². The zero-order valence-corrected chi connectivity index (χ0v) is 69.4. The molecular weight excluding hydrogens is 1740 g/mol. The molecule has 0 unspecified atom stereocenters. The van der Waals surface area contributed by atoms with Crippen LogP contribution in [0, 0.1) is 42.2 Å². The monoisotopic (exact) mass is 1840 g/mol. The molecule has 0 amide bonds. The van der Waals surface area contributed by atoms with E-state index >= 15 is 0 Å². The van der Waals surface area contributed by atoms with E-state index in [0.29, 0.717) is 11.8 Å². The minimum absolute atomic E-state index is 0. The van der Waals surface area contributed by atoms with Gasteiger partial charge in [0, 0.05) is 83.7 Å². The van der Waals surface area contributed by atoms with Crippen molar-refractivity contribution in [2.75, 3.05) is 20.8 Å². The molecule has 0 atom stereocenters. The van der Waals surface area contributed by atoms with Crippen LogP contribution in [-0.4, -0.2) is 101 Å². The quantitative estimate of drug-likeness (QED) is 0.0392. The van der Waals surface area contributed by atoms with E-state index in [1.165, 1.54) is 27.1 Å². The first-order valence-corrected chi connectivity index (χ1v) is 41.8. The Morgan fingerprint density at radius 2 is 0.642 bits per heavy atom. The summed E-state index contributed by atoms with van der Waals surface area (Å²) in [4.78, 5) is 26.3. The van der Waals surface area contributed by atoms with Gasteiger partial charge in [0.1, 0.15) is 0 Å². The molecule has 6 heterocycles. The van der Waals surface area contributed by atoms with Gasteiger partial charge in [-0.25, -0.2) is 0 Å². The number of hydrogen-bond donors (Lipinski definition) is 4. The molecule has 12 nitrogen and oxygen atoms in total. The van der Waals surface area contributed by atoms with Crippen LogP contribution in [0.15, 0.2) is 274 Å². The maximum Gasteiger partial charge on any atom is 3.00 e. The van der Waals surface area contributed by atoms with Crippen LogP contribution >= 0.6 is 0 Å². The fourth-order valence-electron chi connectivity index (χ4n) is 9.33. The van der Waals surface area contributed by atoms with Crippen LogP contribution in [0.4, 0.5) is 13.2 Å². The van der Waals surface area contributed by atoms with Gasteiger partial charge >= 0.3 is 35.7 Å². The predicted octanol–water partition coefficient (Wildman–Crippen LogP) is 19.2. The average molecular weight is 1840 g/mol. The number of pyridine rings is 6. The van der Waals surface area contributed by atoms with E-state index in [9.17, 15) is 13.2 Å². The van der Waals surface area contributed by atoms with Crippen LogP contribution in [-0.2, 0) is 63.2 Å². The first kappa shape index (κ1) is 97.5. The summed E-state index contributed by atoms with van der Waals surface area (Å²) < 4.78 is 57.5. The first-order valence-electron chi connectivity index (χ1n) is 33.4. The Balaban J connectivity index is 0.00000121. The fraction of sp³-hybridized carbons (Fsp3) is 0.233. The van der Waals surface area contributed by atoms with E-state index in [2.05, 4.69) is 183 Å². The van der Waals surface area contributed by atoms with E-state index in [0.717, 1.165) is 89.0 Å². The largest absolute Gasteiger partial charge is 3.00 e. The average Bonchev–Trinajstić information content (AvgIpc) is 0.811. The smallest absolute Gasteiger partial charge is 0.400 e. The zero-order valence-electron chi connectivity index (χ0n) is 61.8. The second-order valence-electron chi connectivity index (χ2n) is 25.0. The van der Waals surface area contributed by atoms with Crippen molar-refractivity contribution in [3.05, 3.63) is 315 Å². The van der Waals surface area contributed by atoms with Crippen LogP contribution in [0.3, 0.4) is 0 Å². The van der Waals surface area contributed by atoms with Gasteiger partial charge in [-0.2, -0.15) is 21.6 Å². The maximum absolute atomic E-state index is 10.7. The van der Waals surface area contributed by atoms with Crippen molar-refractivity contribution in [1.29, 1.82) is 0 Å². The normalized spacial score (nSPS) is 10.2. The van der Waals surface area contributed by atoms with Gasteiger partial charge in [-0.1, -0.05) is 165 Å². The van der Waals surface area contributed by atoms with E-state index < -0.39 is 31.8 Å². The number of nitrogens with zero attached hydrogens (tertiary/aromatic N) is 6. The van der Waals surface area contributed by atoms with Crippen molar-refractivity contribution >= 4 is 36.6 Å². The molecule has 6 aromatic carbocycles. The van der Waals surface area contributed by atoms with Crippen LogP contribution < -0.4 is 10.4 Å². The third-order valence-electron chi connectivity index (χ3n) is 13.8. The van der Waals surface area contributed by atoms with Crippen molar-refractivity contribution in [3.8, 4) is 67.5 Å². The molecule has 565 valence electrons. The van der Waals surface area contributed by atoms with E-state index in [1.54, 1.807) is 31.7 Å². The molecule has 20 heteroatoms. The Morgan fingerprint density at radius 3 is 0.858 bits per heavy atom. The van der Waals surface area contributed by atoms with Crippen LogP contribution in [0.5, 0.6) is 0 Å². The number of aliphatic hydroxyl groups is 3. The number of aliphatic hydroxyl groups excluding tert-OH is 3. The van der Waals surface area contributed by atoms with Crippen molar-refractivity contribution in [1.82, 2.24) is 29.9 Å². The Hall–Kier alpha value is -8.47. The van der Waals surface area contributed by atoms with Gasteiger partial charge in [0.05, 0.1) is 21.8 Å². The van der Waals surface area contributed by atoms with Gasteiger partial charge in [-0.3, -0.25) is 9.54 Å². The second kappa shape index (κ2) is 53.3. The molecule has 106 heavy (non-hydrogen) atoms. The number of alkyl halides is 3. The standard InChI is InChI=1S/C18H25NSi.C18H24NSi.4C11H8N.C2H6O.CHF3O3S.2CH4O.CH4.2Ir/c2*1-14(2)11-16-12-17(15-9-7-6-8-10-15)19-13-18(16)20(3,4)5;4*1-2-6-10(7-3-1)11-8-4-5-9-12-11;1-2-3;2-1(3,4)8(5,6)7;2*1-2;;;/h6-10,12-14H,11H2,1-5H3;6-9,12-14H,11H2,1-5H3;4*1-6,8-9H;3H,2H2,1H3;(H,5,6,7);2*2H,1H3;1H4;;/q;5*-1;;;;;;;+3. The van der Waals surface area contributed by atoms with Gasteiger partial charge in [0.15, 0.2) is 0 Å². The maximum atomic E-state index is 10.7. The Kier molecular flexibility index (Phi) is 49.1. The number of hydrogen-bond acceptors (Lipinski definition) is 11. The molecule has 6 aromatic heterocycles. The summed E-state index contributed by atoms with van der Waals surface area (Å²) in [5, 5.41) is 24.6. The zero-order chi connectivity index (χ0) is 76.1. The summed E-state index contributed by atoms with van der Waals surface area (Å²) >= 11 is 0. The molecule has 12 aromatic rings. The molecule has 0 aliphatic rings. The summed E-state index contributed by atoms with van der Waals surface area (Å²) in [5.74, 6) is 1.34. The number of aromatic nitrogens is 6. The van der Waals surface area contributed by atoms with Gasteiger partial charge in [0.2, 0.25) is 0 Å². The molecule has 12 rings (SSSR count). The van der Waals surface area contributed by atoms with E-state index in [4.69, 9.17) is 33.3 Å². The molecular formula is C86H100F3Ir2N6O6SSi2-2.